The fraction of sp³-hybridized carbons (Fsp3) is 0.900. The summed E-state index contributed by atoms with van der Waals surface area (Å²) in [7, 11) is 1.45. The van der Waals surface area contributed by atoms with Gasteiger partial charge in [0.25, 0.3) is 0 Å². The topological polar surface area (TPSA) is 38.3 Å². The first-order valence-corrected chi connectivity index (χ1v) is 5.67. The van der Waals surface area contributed by atoms with Gasteiger partial charge in [0, 0.05) is 11.9 Å². The minimum Gasteiger partial charge on any atom is -0.468 e. The van der Waals surface area contributed by atoms with Crippen molar-refractivity contribution in [2.45, 2.75) is 37.3 Å². The lowest BCUT2D eigenvalue weighted by Gasteiger charge is -2.28. The van der Waals surface area contributed by atoms with Crippen molar-refractivity contribution in [1.82, 2.24) is 5.32 Å². The van der Waals surface area contributed by atoms with Crippen LogP contribution in [0.3, 0.4) is 0 Å². The first-order chi connectivity index (χ1) is 6.72. The fourth-order valence-electron chi connectivity index (χ4n) is 2.49. The Balaban J connectivity index is 2.01. The van der Waals surface area contributed by atoms with E-state index < -0.39 is 5.54 Å². The first kappa shape index (κ1) is 10.2. The Kier molecular flexibility index (Phi) is 2.71. The van der Waals surface area contributed by atoms with E-state index in [1.165, 1.54) is 13.5 Å². The largest absolute Gasteiger partial charge is 0.468 e. The van der Waals surface area contributed by atoms with Gasteiger partial charge in [0.2, 0.25) is 0 Å². The standard InChI is InChI=1S/C10H16ClNO2/c1-14-9(13)10(3-2-4-11)6-7-5-8(7)12-10/h7-8,12H,2-6H2,1H3/t7-,8-,10?/m0/s1. The molecule has 1 saturated carbocycles. The Bertz CT molecular complexity index is 234. The van der Waals surface area contributed by atoms with Crippen molar-refractivity contribution < 1.29 is 9.53 Å². The molecule has 1 heterocycles. The van der Waals surface area contributed by atoms with Crippen LogP contribution in [0.5, 0.6) is 0 Å². The zero-order chi connectivity index (χ0) is 10.2. The molecule has 0 aromatic carbocycles. The molecule has 1 saturated heterocycles. The van der Waals surface area contributed by atoms with E-state index in [2.05, 4.69) is 5.32 Å². The van der Waals surface area contributed by atoms with Gasteiger partial charge in [0.1, 0.15) is 5.54 Å². The number of piperidine rings is 1. The van der Waals surface area contributed by atoms with Gasteiger partial charge in [-0.3, -0.25) is 10.1 Å². The van der Waals surface area contributed by atoms with Gasteiger partial charge >= 0.3 is 5.97 Å². The molecule has 1 unspecified atom stereocenters. The number of hydrogen-bond acceptors (Lipinski definition) is 3. The minimum atomic E-state index is -0.419. The highest BCUT2D eigenvalue weighted by Gasteiger charge is 2.57. The maximum Gasteiger partial charge on any atom is 0.326 e. The second-order valence-corrected chi connectivity index (χ2v) is 4.69. The van der Waals surface area contributed by atoms with Crippen LogP contribution in [0.25, 0.3) is 0 Å². The molecule has 80 valence electrons. The Morgan fingerprint density at radius 2 is 2.50 bits per heavy atom. The summed E-state index contributed by atoms with van der Waals surface area (Å²) in [6.45, 7) is 0. The monoisotopic (exact) mass is 217 g/mol. The van der Waals surface area contributed by atoms with Gasteiger partial charge in [0.15, 0.2) is 0 Å². The summed E-state index contributed by atoms with van der Waals surface area (Å²) in [5, 5.41) is 3.39. The Labute approximate surface area is 89.1 Å². The fourth-order valence-corrected chi connectivity index (χ4v) is 2.63. The number of ether oxygens (including phenoxy) is 1. The Morgan fingerprint density at radius 1 is 1.71 bits per heavy atom. The van der Waals surface area contributed by atoms with E-state index >= 15 is 0 Å². The Morgan fingerprint density at radius 3 is 3.00 bits per heavy atom. The third-order valence-electron chi connectivity index (χ3n) is 3.31. The molecule has 2 fully saturated rings. The summed E-state index contributed by atoms with van der Waals surface area (Å²) >= 11 is 5.66. The predicted octanol–water partition coefficient (Wildman–Crippen LogP) is 1.30. The number of methoxy groups -OCH3 is 1. The maximum absolute atomic E-state index is 11.7. The van der Waals surface area contributed by atoms with E-state index in [1.54, 1.807) is 0 Å². The lowest BCUT2D eigenvalue weighted by Crippen LogP contribution is -2.50. The van der Waals surface area contributed by atoms with Crippen LogP contribution in [0.4, 0.5) is 0 Å². The van der Waals surface area contributed by atoms with Crippen molar-refractivity contribution >= 4 is 17.6 Å². The number of carbonyl (C=O) groups is 1. The highest BCUT2D eigenvalue weighted by Crippen LogP contribution is 2.47. The van der Waals surface area contributed by atoms with Crippen LogP contribution in [0.1, 0.15) is 25.7 Å². The van der Waals surface area contributed by atoms with Crippen molar-refractivity contribution in [3.05, 3.63) is 0 Å². The zero-order valence-corrected chi connectivity index (χ0v) is 9.14. The average molecular weight is 218 g/mol. The van der Waals surface area contributed by atoms with E-state index in [-0.39, 0.29) is 5.97 Å². The smallest absolute Gasteiger partial charge is 0.326 e. The zero-order valence-electron chi connectivity index (χ0n) is 8.38. The molecule has 1 aliphatic heterocycles. The van der Waals surface area contributed by atoms with Crippen LogP contribution < -0.4 is 5.32 Å². The number of carbonyl (C=O) groups excluding carboxylic acids is 1. The molecule has 3 nitrogen and oxygen atoms in total. The molecular weight excluding hydrogens is 202 g/mol. The molecule has 0 spiro atoms. The van der Waals surface area contributed by atoms with E-state index in [0.29, 0.717) is 17.8 Å². The van der Waals surface area contributed by atoms with Crippen LogP contribution in [0.2, 0.25) is 0 Å². The van der Waals surface area contributed by atoms with E-state index in [1.807, 2.05) is 0 Å². The number of halogens is 1. The summed E-state index contributed by atoms with van der Waals surface area (Å²) in [5.74, 6) is 1.19. The molecule has 2 rings (SSSR count). The van der Waals surface area contributed by atoms with Gasteiger partial charge in [0.05, 0.1) is 7.11 Å². The van der Waals surface area contributed by atoms with Crippen molar-refractivity contribution in [2.24, 2.45) is 5.92 Å². The molecule has 1 aliphatic carbocycles. The van der Waals surface area contributed by atoms with Crippen molar-refractivity contribution in [1.29, 1.82) is 0 Å². The summed E-state index contributed by atoms with van der Waals surface area (Å²) in [6.07, 6.45) is 3.82. The van der Waals surface area contributed by atoms with Crippen LogP contribution in [0.15, 0.2) is 0 Å². The summed E-state index contributed by atoms with van der Waals surface area (Å²) in [4.78, 5) is 11.7. The maximum atomic E-state index is 11.7. The van der Waals surface area contributed by atoms with Crippen molar-refractivity contribution in [2.75, 3.05) is 13.0 Å². The minimum absolute atomic E-state index is 0.116. The predicted molar refractivity (Wildman–Crippen MR) is 54.3 cm³/mol. The second kappa shape index (κ2) is 3.70. The van der Waals surface area contributed by atoms with Crippen LogP contribution in [0, 0.1) is 5.92 Å². The number of hydrogen-bond donors (Lipinski definition) is 1. The molecule has 0 aromatic rings. The third-order valence-corrected chi connectivity index (χ3v) is 3.58. The molecule has 0 bridgehead atoms. The quantitative estimate of drug-likeness (QED) is 0.570. The number of alkyl halides is 1. The van der Waals surface area contributed by atoms with Crippen molar-refractivity contribution in [3.63, 3.8) is 0 Å². The summed E-state index contributed by atoms with van der Waals surface area (Å²) in [6, 6.07) is 0.560. The van der Waals surface area contributed by atoms with Gasteiger partial charge in [-0.25, -0.2) is 0 Å². The lowest BCUT2D eigenvalue weighted by atomic mass is 9.90. The third kappa shape index (κ3) is 1.63. The number of esters is 1. The second-order valence-electron chi connectivity index (χ2n) is 4.32. The van der Waals surface area contributed by atoms with Gasteiger partial charge < -0.3 is 4.74 Å². The molecule has 0 radical (unpaired) electrons. The normalized spacial score (nSPS) is 39.3. The van der Waals surface area contributed by atoms with E-state index in [9.17, 15) is 4.79 Å². The molecule has 4 heteroatoms. The molecule has 3 atom stereocenters. The molecule has 1 N–H and O–H groups in total. The lowest BCUT2D eigenvalue weighted by molar-refractivity contribution is -0.148. The average Bonchev–Trinajstić information content (AvgIpc) is 2.82. The number of nitrogens with one attached hydrogen (secondary N) is 1. The van der Waals surface area contributed by atoms with E-state index in [0.717, 1.165) is 19.3 Å². The molecule has 2 aliphatic rings. The highest BCUT2D eigenvalue weighted by atomic mass is 35.5. The van der Waals surface area contributed by atoms with Crippen LogP contribution in [-0.4, -0.2) is 30.5 Å². The molecule has 0 aromatic heterocycles. The molecule has 14 heavy (non-hydrogen) atoms. The SMILES string of the molecule is COC(=O)C1(CCCCl)C[C@@H]2C[C@@H]2N1. The molecular formula is C10H16ClNO2. The summed E-state index contributed by atoms with van der Waals surface area (Å²) < 4.78 is 4.86. The summed E-state index contributed by atoms with van der Waals surface area (Å²) in [5.41, 5.74) is -0.419. The van der Waals surface area contributed by atoms with E-state index in [4.69, 9.17) is 16.3 Å². The van der Waals surface area contributed by atoms with Crippen LogP contribution >= 0.6 is 11.6 Å². The van der Waals surface area contributed by atoms with Gasteiger partial charge in [-0.15, -0.1) is 11.6 Å². The van der Waals surface area contributed by atoms with Crippen molar-refractivity contribution in [3.8, 4) is 0 Å². The van der Waals surface area contributed by atoms with Gasteiger partial charge in [-0.1, -0.05) is 0 Å². The van der Waals surface area contributed by atoms with Crippen LogP contribution in [-0.2, 0) is 9.53 Å². The van der Waals surface area contributed by atoms with Gasteiger partial charge in [-0.2, -0.15) is 0 Å². The van der Waals surface area contributed by atoms with Gasteiger partial charge in [-0.05, 0) is 31.6 Å². The first-order valence-electron chi connectivity index (χ1n) is 5.14. The Hall–Kier alpha value is -0.280. The number of fused-ring (bicyclic) bond motifs is 1. The highest BCUT2D eigenvalue weighted by molar-refractivity contribution is 6.17. The molecule has 0 amide bonds. The number of rotatable bonds is 4.